The molecule has 3 heteroatoms. The SMILES string of the molecule is CCC(CC)(C(NC)c1cc2cc(C)ccc2o1)N(C)C. The Morgan fingerprint density at radius 1 is 1.19 bits per heavy atom. The highest BCUT2D eigenvalue weighted by Crippen LogP contribution is 2.38. The van der Waals surface area contributed by atoms with Crippen LogP contribution in [0.4, 0.5) is 0 Å². The lowest BCUT2D eigenvalue weighted by Gasteiger charge is -2.44. The van der Waals surface area contributed by atoms with Crippen molar-refractivity contribution in [2.24, 2.45) is 0 Å². The molecule has 1 atom stereocenters. The number of fused-ring (bicyclic) bond motifs is 1. The molecule has 3 nitrogen and oxygen atoms in total. The van der Waals surface area contributed by atoms with Crippen molar-refractivity contribution < 1.29 is 4.42 Å². The van der Waals surface area contributed by atoms with E-state index in [9.17, 15) is 0 Å². The average molecular weight is 288 g/mol. The topological polar surface area (TPSA) is 28.4 Å². The average Bonchev–Trinajstić information content (AvgIpc) is 2.86. The van der Waals surface area contributed by atoms with Gasteiger partial charge in [0.25, 0.3) is 0 Å². The number of hydrogen-bond donors (Lipinski definition) is 1. The summed E-state index contributed by atoms with van der Waals surface area (Å²) in [5, 5.41) is 4.67. The summed E-state index contributed by atoms with van der Waals surface area (Å²) in [5.74, 6) is 1.02. The summed E-state index contributed by atoms with van der Waals surface area (Å²) in [6.45, 7) is 6.62. The van der Waals surface area contributed by atoms with Gasteiger partial charge in [0.15, 0.2) is 0 Å². The summed E-state index contributed by atoms with van der Waals surface area (Å²) in [6, 6.07) is 8.71. The number of benzene rings is 1. The van der Waals surface area contributed by atoms with Gasteiger partial charge >= 0.3 is 0 Å². The van der Waals surface area contributed by atoms with E-state index in [0.717, 1.165) is 24.2 Å². The van der Waals surface area contributed by atoms with Crippen LogP contribution in [-0.4, -0.2) is 31.6 Å². The molecule has 0 amide bonds. The van der Waals surface area contributed by atoms with Crippen molar-refractivity contribution in [1.29, 1.82) is 0 Å². The first-order chi connectivity index (χ1) is 9.98. The van der Waals surface area contributed by atoms with Crippen molar-refractivity contribution in [2.45, 2.75) is 45.2 Å². The van der Waals surface area contributed by atoms with Crippen molar-refractivity contribution in [3.63, 3.8) is 0 Å². The molecule has 0 saturated carbocycles. The second-order valence-corrected chi connectivity index (χ2v) is 6.12. The molecule has 0 saturated heterocycles. The molecular weight excluding hydrogens is 260 g/mol. The first-order valence-electron chi connectivity index (χ1n) is 7.83. The van der Waals surface area contributed by atoms with Crippen molar-refractivity contribution in [1.82, 2.24) is 10.2 Å². The molecule has 2 rings (SSSR count). The lowest BCUT2D eigenvalue weighted by atomic mass is 9.82. The highest BCUT2D eigenvalue weighted by atomic mass is 16.3. The van der Waals surface area contributed by atoms with Gasteiger partial charge in [0.05, 0.1) is 6.04 Å². The fraction of sp³-hybridized carbons (Fsp3) is 0.556. The van der Waals surface area contributed by atoms with E-state index in [1.807, 2.05) is 7.05 Å². The van der Waals surface area contributed by atoms with Gasteiger partial charge in [-0.25, -0.2) is 0 Å². The standard InChI is InChI=1S/C18H28N2O/c1-7-18(8-2,20(5)6)17(19-4)16-12-14-11-13(3)9-10-15(14)21-16/h9-12,17,19H,7-8H2,1-6H3. The largest absolute Gasteiger partial charge is 0.459 e. The van der Waals surface area contributed by atoms with E-state index in [4.69, 9.17) is 4.42 Å². The predicted octanol–water partition coefficient (Wildman–Crippen LogP) is 4.12. The molecule has 0 spiro atoms. The molecule has 1 heterocycles. The number of rotatable bonds is 6. The minimum Gasteiger partial charge on any atom is -0.459 e. The number of likely N-dealkylation sites (N-methyl/N-ethyl adjacent to an activating group) is 2. The van der Waals surface area contributed by atoms with E-state index in [-0.39, 0.29) is 11.6 Å². The third-order valence-corrected chi connectivity index (χ3v) is 4.92. The van der Waals surface area contributed by atoms with Crippen LogP contribution in [0, 0.1) is 6.92 Å². The highest BCUT2D eigenvalue weighted by Gasteiger charge is 2.39. The molecule has 2 aromatic rings. The summed E-state index contributed by atoms with van der Waals surface area (Å²) >= 11 is 0. The molecular formula is C18H28N2O. The molecule has 116 valence electrons. The monoisotopic (exact) mass is 288 g/mol. The number of nitrogens with zero attached hydrogens (tertiary/aromatic N) is 1. The molecule has 0 aliphatic rings. The van der Waals surface area contributed by atoms with Crippen LogP contribution >= 0.6 is 0 Å². The van der Waals surface area contributed by atoms with Crippen LogP contribution in [0.5, 0.6) is 0 Å². The summed E-state index contributed by atoms with van der Waals surface area (Å²) in [6.07, 6.45) is 2.14. The Labute approximate surface area is 128 Å². The van der Waals surface area contributed by atoms with Gasteiger partial charge in [-0.2, -0.15) is 0 Å². The fourth-order valence-electron chi connectivity index (χ4n) is 3.55. The first-order valence-corrected chi connectivity index (χ1v) is 7.83. The molecule has 1 aromatic carbocycles. The van der Waals surface area contributed by atoms with Crippen LogP contribution in [0.2, 0.25) is 0 Å². The molecule has 1 N–H and O–H groups in total. The van der Waals surface area contributed by atoms with Crippen LogP contribution in [0.25, 0.3) is 11.0 Å². The Hall–Kier alpha value is -1.32. The number of nitrogens with one attached hydrogen (secondary N) is 1. The zero-order valence-corrected chi connectivity index (χ0v) is 14.2. The second-order valence-electron chi connectivity index (χ2n) is 6.12. The third kappa shape index (κ3) is 2.72. The maximum atomic E-state index is 6.15. The Morgan fingerprint density at radius 2 is 1.86 bits per heavy atom. The minimum absolute atomic E-state index is 0.0532. The summed E-state index contributed by atoms with van der Waals surface area (Å²) in [7, 11) is 6.33. The Kier molecular flexibility index (Phi) is 4.74. The first kappa shape index (κ1) is 16.1. The third-order valence-electron chi connectivity index (χ3n) is 4.92. The van der Waals surface area contributed by atoms with Crippen molar-refractivity contribution in [3.8, 4) is 0 Å². The zero-order valence-electron chi connectivity index (χ0n) is 14.2. The van der Waals surface area contributed by atoms with Crippen LogP contribution in [0.1, 0.15) is 44.1 Å². The molecule has 0 radical (unpaired) electrons. The smallest absolute Gasteiger partial charge is 0.134 e. The van der Waals surface area contributed by atoms with E-state index in [2.05, 4.69) is 69.3 Å². The molecule has 1 unspecified atom stereocenters. The molecule has 0 aliphatic heterocycles. The maximum absolute atomic E-state index is 6.15. The minimum atomic E-state index is 0.0532. The van der Waals surface area contributed by atoms with Gasteiger partial charge in [-0.05, 0) is 59.1 Å². The number of furan rings is 1. The molecule has 21 heavy (non-hydrogen) atoms. The Bertz CT molecular complexity index is 596. The molecule has 0 fully saturated rings. The Morgan fingerprint density at radius 3 is 2.38 bits per heavy atom. The fourth-order valence-corrected chi connectivity index (χ4v) is 3.55. The van der Waals surface area contributed by atoms with Gasteiger partial charge in [0.2, 0.25) is 0 Å². The van der Waals surface area contributed by atoms with E-state index in [0.29, 0.717) is 0 Å². The second kappa shape index (κ2) is 6.20. The van der Waals surface area contributed by atoms with Crippen molar-refractivity contribution >= 4 is 11.0 Å². The normalized spacial score (nSPS) is 14.0. The molecule has 1 aromatic heterocycles. The Balaban J connectivity index is 2.51. The van der Waals surface area contributed by atoms with Crippen molar-refractivity contribution in [2.75, 3.05) is 21.1 Å². The van der Waals surface area contributed by atoms with Gasteiger partial charge in [-0.1, -0.05) is 25.5 Å². The van der Waals surface area contributed by atoms with E-state index in [1.54, 1.807) is 0 Å². The van der Waals surface area contributed by atoms with E-state index < -0.39 is 0 Å². The van der Waals surface area contributed by atoms with Gasteiger partial charge in [-0.15, -0.1) is 0 Å². The number of hydrogen-bond acceptors (Lipinski definition) is 3. The highest BCUT2D eigenvalue weighted by molar-refractivity contribution is 5.78. The zero-order chi connectivity index (χ0) is 15.6. The van der Waals surface area contributed by atoms with Gasteiger partial charge < -0.3 is 14.6 Å². The van der Waals surface area contributed by atoms with Gasteiger partial charge in [0, 0.05) is 10.9 Å². The van der Waals surface area contributed by atoms with Crippen LogP contribution in [0.3, 0.4) is 0 Å². The van der Waals surface area contributed by atoms with E-state index in [1.165, 1.54) is 10.9 Å². The van der Waals surface area contributed by atoms with E-state index >= 15 is 0 Å². The summed E-state index contributed by atoms with van der Waals surface area (Å²) in [4.78, 5) is 2.33. The van der Waals surface area contributed by atoms with Crippen LogP contribution < -0.4 is 5.32 Å². The van der Waals surface area contributed by atoms with Crippen molar-refractivity contribution in [3.05, 3.63) is 35.6 Å². The molecule has 0 aliphatic carbocycles. The lowest BCUT2D eigenvalue weighted by molar-refractivity contribution is 0.0824. The van der Waals surface area contributed by atoms with Gasteiger partial charge in [-0.3, -0.25) is 0 Å². The maximum Gasteiger partial charge on any atom is 0.134 e. The molecule has 0 bridgehead atoms. The van der Waals surface area contributed by atoms with Crippen LogP contribution in [-0.2, 0) is 0 Å². The quantitative estimate of drug-likeness (QED) is 0.866. The van der Waals surface area contributed by atoms with Gasteiger partial charge in [0.1, 0.15) is 11.3 Å². The predicted molar refractivity (Wildman–Crippen MR) is 89.8 cm³/mol. The summed E-state index contributed by atoms with van der Waals surface area (Å²) in [5.41, 5.74) is 2.29. The van der Waals surface area contributed by atoms with Crippen LogP contribution in [0.15, 0.2) is 28.7 Å². The summed E-state index contributed by atoms with van der Waals surface area (Å²) < 4.78 is 6.15. The number of aryl methyl sites for hydroxylation is 1. The lowest BCUT2D eigenvalue weighted by Crippen LogP contribution is -2.52.